The van der Waals surface area contributed by atoms with Crippen LogP contribution in [0, 0.1) is 0 Å². The van der Waals surface area contributed by atoms with E-state index in [4.69, 9.17) is 11.6 Å². The zero-order chi connectivity index (χ0) is 14.0. The van der Waals surface area contributed by atoms with Gasteiger partial charge in [-0.25, -0.2) is 8.42 Å². The van der Waals surface area contributed by atoms with E-state index in [9.17, 15) is 8.42 Å². The van der Waals surface area contributed by atoms with Crippen molar-refractivity contribution in [2.75, 3.05) is 13.3 Å². The van der Waals surface area contributed by atoms with Crippen LogP contribution in [0.3, 0.4) is 0 Å². The molecule has 2 rings (SSSR count). The third-order valence-corrected chi connectivity index (χ3v) is 6.33. The normalized spacial score (nSPS) is 24.8. The summed E-state index contributed by atoms with van der Waals surface area (Å²) in [5.41, 5.74) is 0.729. The van der Waals surface area contributed by atoms with Gasteiger partial charge in [0.1, 0.15) is 10.0 Å². The van der Waals surface area contributed by atoms with Crippen LogP contribution in [0.15, 0.2) is 0 Å². The van der Waals surface area contributed by atoms with Crippen molar-refractivity contribution in [3.8, 4) is 0 Å². The van der Waals surface area contributed by atoms with E-state index in [1.807, 2.05) is 11.9 Å². The molecule has 1 saturated carbocycles. The van der Waals surface area contributed by atoms with Crippen molar-refractivity contribution in [1.82, 2.24) is 14.5 Å². The fraction of sp³-hybridized carbons (Fsp3) is 0.818. The molecule has 1 aliphatic rings. The highest BCUT2D eigenvalue weighted by Gasteiger charge is 2.35. The number of hydrogen-bond donors (Lipinski definition) is 0. The fourth-order valence-corrected chi connectivity index (χ4v) is 4.85. The SMILES string of the molecule is CN(Cc1nnsc1Cl)[C@@H]1CCCC[C@@H]1S(C)(=O)=O. The lowest BCUT2D eigenvalue weighted by Gasteiger charge is -2.36. The molecule has 1 aromatic heterocycles. The molecule has 2 atom stereocenters. The standard InChI is InChI=1S/C11H18ClN3O2S2/c1-15(7-8-11(12)18-14-13-8)9-5-3-4-6-10(9)19(2,16)17/h9-10H,3-7H2,1-2H3/t9-,10+/m1/s1. The zero-order valence-corrected chi connectivity index (χ0v) is 13.4. The van der Waals surface area contributed by atoms with Gasteiger partial charge in [0.05, 0.1) is 5.25 Å². The van der Waals surface area contributed by atoms with Gasteiger partial charge >= 0.3 is 0 Å². The molecule has 0 aromatic carbocycles. The Bertz CT molecular complexity index is 532. The molecule has 0 N–H and O–H groups in total. The number of rotatable bonds is 4. The van der Waals surface area contributed by atoms with Crippen LogP contribution in [-0.2, 0) is 16.4 Å². The Hall–Kier alpha value is -0.240. The maximum atomic E-state index is 11.9. The quantitative estimate of drug-likeness (QED) is 0.847. The van der Waals surface area contributed by atoms with Crippen molar-refractivity contribution >= 4 is 33.0 Å². The van der Waals surface area contributed by atoms with E-state index in [2.05, 4.69) is 9.59 Å². The largest absolute Gasteiger partial charge is 0.296 e. The Labute approximate surface area is 123 Å². The lowest BCUT2D eigenvalue weighted by molar-refractivity contribution is 0.185. The van der Waals surface area contributed by atoms with E-state index in [1.54, 1.807) is 0 Å². The van der Waals surface area contributed by atoms with Gasteiger partial charge in [-0.15, -0.1) is 5.10 Å². The second-order valence-corrected chi connectivity index (χ2v) is 8.75. The van der Waals surface area contributed by atoms with Gasteiger partial charge < -0.3 is 0 Å². The maximum absolute atomic E-state index is 11.9. The molecule has 1 heterocycles. The molecular formula is C11H18ClN3O2S2. The first-order chi connectivity index (χ1) is 8.89. The van der Waals surface area contributed by atoms with Crippen LogP contribution in [-0.4, -0.2) is 47.5 Å². The number of hydrogen-bond acceptors (Lipinski definition) is 6. The van der Waals surface area contributed by atoms with Crippen molar-refractivity contribution in [3.05, 3.63) is 10.0 Å². The summed E-state index contributed by atoms with van der Waals surface area (Å²) >= 11 is 7.16. The minimum absolute atomic E-state index is 0.0431. The third kappa shape index (κ3) is 3.65. The second kappa shape index (κ2) is 6.03. The Morgan fingerprint density at radius 3 is 2.68 bits per heavy atom. The van der Waals surface area contributed by atoms with Gasteiger partial charge in [-0.3, -0.25) is 4.90 Å². The van der Waals surface area contributed by atoms with Crippen LogP contribution < -0.4 is 0 Å². The number of halogens is 1. The first-order valence-corrected chi connectivity index (χ1v) is 9.36. The average molecular weight is 324 g/mol. The molecule has 0 spiro atoms. The van der Waals surface area contributed by atoms with Crippen LogP contribution in [0.4, 0.5) is 0 Å². The molecule has 0 saturated heterocycles. The highest BCUT2D eigenvalue weighted by molar-refractivity contribution is 7.91. The van der Waals surface area contributed by atoms with Gasteiger partial charge in [-0.1, -0.05) is 28.9 Å². The summed E-state index contributed by atoms with van der Waals surface area (Å²) in [6, 6.07) is 0.0431. The van der Waals surface area contributed by atoms with E-state index in [0.29, 0.717) is 10.9 Å². The lowest BCUT2D eigenvalue weighted by atomic mass is 9.94. The predicted octanol–water partition coefficient (Wildman–Crippen LogP) is 1.98. The van der Waals surface area contributed by atoms with Crippen molar-refractivity contribution in [2.45, 2.75) is 43.5 Å². The highest BCUT2D eigenvalue weighted by atomic mass is 35.5. The molecule has 19 heavy (non-hydrogen) atoms. The van der Waals surface area contributed by atoms with Crippen LogP contribution in [0.2, 0.25) is 4.34 Å². The summed E-state index contributed by atoms with van der Waals surface area (Å²) < 4.78 is 28.2. The van der Waals surface area contributed by atoms with Crippen LogP contribution in [0.1, 0.15) is 31.4 Å². The molecule has 108 valence electrons. The smallest absolute Gasteiger partial charge is 0.151 e. The zero-order valence-electron chi connectivity index (χ0n) is 11.0. The highest BCUT2D eigenvalue weighted by Crippen LogP contribution is 2.29. The molecule has 1 aliphatic carbocycles. The van der Waals surface area contributed by atoms with Gasteiger partial charge in [-0.05, 0) is 19.9 Å². The van der Waals surface area contributed by atoms with Gasteiger partial charge in [0.25, 0.3) is 0 Å². The summed E-state index contributed by atoms with van der Waals surface area (Å²) in [5, 5.41) is 3.70. The van der Waals surface area contributed by atoms with Crippen molar-refractivity contribution in [2.24, 2.45) is 0 Å². The second-order valence-electron chi connectivity index (χ2n) is 5.13. The molecule has 8 heteroatoms. The molecule has 0 aliphatic heterocycles. The molecule has 0 radical (unpaired) electrons. The molecule has 0 amide bonds. The lowest BCUT2D eigenvalue weighted by Crippen LogP contribution is -2.46. The Morgan fingerprint density at radius 1 is 1.42 bits per heavy atom. The van der Waals surface area contributed by atoms with E-state index >= 15 is 0 Å². The van der Waals surface area contributed by atoms with Crippen LogP contribution in [0.25, 0.3) is 0 Å². The summed E-state index contributed by atoms with van der Waals surface area (Å²) in [6.45, 7) is 0.548. The van der Waals surface area contributed by atoms with E-state index in [-0.39, 0.29) is 11.3 Å². The van der Waals surface area contributed by atoms with Crippen molar-refractivity contribution in [1.29, 1.82) is 0 Å². The topological polar surface area (TPSA) is 63.2 Å². The number of sulfone groups is 1. The van der Waals surface area contributed by atoms with Crippen LogP contribution in [0.5, 0.6) is 0 Å². The first-order valence-electron chi connectivity index (χ1n) is 6.25. The van der Waals surface area contributed by atoms with E-state index < -0.39 is 9.84 Å². The Kier molecular flexibility index (Phi) is 4.81. The van der Waals surface area contributed by atoms with Gasteiger partial charge in [-0.2, -0.15) is 0 Å². The molecule has 0 unspecified atom stereocenters. The number of aromatic nitrogens is 2. The minimum atomic E-state index is -3.02. The molecule has 5 nitrogen and oxygen atoms in total. The van der Waals surface area contributed by atoms with E-state index in [0.717, 1.165) is 42.9 Å². The Balaban J connectivity index is 2.12. The molecule has 0 bridgehead atoms. The average Bonchev–Trinajstić information content (AvgIpc) is 2.74. The Morgan fingerprint density at radius 2 is 2.11 bits per heavy atom. The summed E-state index contributed by atoms with van der Waals surface area (Å²) in [4.78, 5) is 2.05. The van der Waals surface area contributed by atoms with Gasteiger partial charge in [0.2, 0.25) is 0 Å². The molecule has 1 fully saturated rings. The molecular weight excluding hydrogens is 306 g/mol. The minimum Gasteiger partial charge on any atom is -0.296 e. The van der Waals surface area contributed by atoms with Gasteiger partial charge in [0.15, 0.2) is 9.84 Å². The monoisotopic (exact) mass is 323 g/mol. The summed E-state index contributed by atoms with van der Waals surface area (Å²) in [6.07, 6.45) is 5.05. The van der Waals surface area contributed by atoms with Crippen LogP contribution >= 0.6 is 23.1 Å². The predicted molar refractivity (Wildman–Crippen MR) is 77.3 cm³/mol. The number of nitrogens with zero attached hydrogens (tertiary/aromatic N) is 3. The fourth-order valence-electron chi connectivity index (χ4n) is 2.73. The molecule has 1 aromatic rings. The van der Waals surface area contributed by atoms with Crippen molar-refractivity contribution in [3.63, 3.8) is 0 Å². The summed E-state index contributed by atoms with van der Waals surface area (Å²) in [7, 11) is -1.08. The first kappa shape index (κ1) is 15.2. The van der Waals surface area contributed by atoms with Crippen molar-refractivity contribution < 1.29 is 8.42 Å². The third-order valence-electron chi connectivity index (χ3n) is 3.69. The van der Waals surface area contributed by atoms with E-state index in [1.165, 1.54) is 6.26 Å². The van der Waals surface area contributed by atoms with Gasteiger partial charge in [0, 0.05) is 30.4 Å². The maximum Gasteiger partial charge on any atom is 0.151 e. The summed E-state index contributed by atoms with van der Waals surface area (Å²) in [5.74, 6) is 0.